The van der Waals surface area contributed by atoms with Crippen LogP contribution in [0.15, 0.2) is 0 Å². The minimum atomic E-state index is -0.855. The Kier molecular flexibility index (Phi) is 5.52. The molecule has 0 aliphatic carbocycles. The summed E-state index contributed by atoms with van der Waals surface area (Å²) in [5.41, 5.74) is 10.7. The molecule has 0 fully saturated rings. The highest BCUT2D eigenvalue weighted by atomic mass is 16.6. The number of methoxy groups -OCH3 is 1. The first-order valence-corrected chi connectivity index (χ1v) is 3.39. The van der Waals surface area contributed by atoms with Crippen molar-refractivity contribution in [2.24, 2.45) is 11.5 Å². The van der Waals surface area contributed by atoms with Crippen molar-refractivity contribution >= 4 is 0 Å². The van der Waals surface area contributed by atoms with Gasteiger partial charge in [-0.05, 0) is 19.4 Å². The smallest absolute Gasteiger partial charge is 0.169 e. The van der Waals surface area contributed by atoms with Crippen molar-refractivity contribution in [2.45, 2.75) is 25.2 Å². The van der Waals surface area contributed by atoms with Gasteiger partial charge in [0.25, 0.3) is 0 Å². The molecular weight excluding hydrogens is 132 g/mol. The Morgan fingerprint density at radius 1 is 1.60 bits per heavy atom. The Morgan fingerprint density at radius 2 is 2.20 bits per heavy atom. The summed E-state index contributed by atoms with van der Waals surface area (Å²) in [6.45, 7) is 0.601. The van der Waals surface area contributed by atoms with Crippen LogP contribution in [-0.2, 0) is 4.74 Å². The van der Waals surface area contributed by atoms with Gasteiger partial charge >= 0.3 is 0 Å². The second-order valence-electron chi connectivity index (χ2n) is 2.22. The Labute approximate surface area is 61.2 Å². The summed E-state index contributed by atoms with van der Waals surface area (Å²) in [6, 6.07) is -0.312. The van der Waals surface area contributed by atoms with Crippen molar-refractivity contribution in [1.29, 1.82) is 0 Å². The molecule has 0 saturated carbocycles. The van der Waals surface area contributed by atoms with E-state index in [1.54, 1.807) is 0 Å². The number of hydrogen-bond donors (Lipinski definition) is 3. The van der Waals surface area contributed by atoms with Gasteiger partial charge in [0.1, 0.15) is 0 Å². The average Bonchev–Trinajstić information content (AvgIpc) is 1.98. The molecule has 0 aliphatic heterocycles. The Bertz CT molecular complexity index is 80.1. The lowest BCUT2D eigenvalue weighted by atomic mass is 10.1. The second-order valence-corrected chi connectivity index (χ2v) is 2.22. The molecule has 2 unspecified atom stereocenters. The summed E-state index contributed by atoms with van der Waals surface area (Å²) in [6.07, 6.45) is 0.666. The van der Waals surface area contributed by atoms with Gasteiger partial charge in [0.15, 0.2) is 6.29 Å². The molecule has 2 atom stereocenters. The molecule has 0 radical (unpaired) electrons. The highest BCUT2D eigenvalue weighted by Gasteiger charge is 2.11. The van der Waals surface area contributed by atoms with Gasteiger partial charge < -0.3 is 21.3 Å². The molecule has 0 rings (SSSR count). The van der Waals surface area contributed by atoms with Crippen LogP contribution in [0.3, 0.4) is 0 Å². The van der Waals surface area contributed by atoms with Crippen molar-refractivity contribution in [3.8, 4) is 0 Å². The molecule has 62 valence electrons. The quantitative estimate of drug-likeness (QED) is 0.438. The lowest BCUT2D eigenvalue weighted by molar-refractivity contribution is -0.0907. The van der Waals surface area contributed by atoms with Gasteiger partial charge in [0, 0.05) is 7.11 Å². The van der Waals surface area contributed by atoms with Crippen LogP contribution < -0.4 is 11.5 Å². The van der Waals surface area contributed by atoms with E-state index in [1.807, 2.05) is 0 Å². The molecule has 0 aromatic heterocycles. The van der Waals surface area contributed by atoms with Gasteiger partial charge in [-0.15, -0.1) is 0 Å². The third-order valence-electron chi connectivity index (χ3n) is 1.35. The molecule has 10 heavy (non-hydrogen) atoms. The van der Waals surface area contributed by atoms with Crippen LogP contribution in [0, 0.1) is 0 Å². The fraction of sp³-hybridized carbons (Fsp3) is 1.00. The lowest BCUT2D eigenvalue weighted by Crippen LogP contribution is -2.36. The zero-order chi connectivity index (χ0) is 7.98. The second kappa shape index (κ2) is 5.61. The van der Waals surface area contributed by atoms with Crippen LogP contribution in [0.25, 0.3) is 0 Å². The third-order valence-corrected chi connectivity index (χ3v) is 1.35. The number of ether oxygens (including phenoxy) is 1. The molecule has 0 amide bonds. The van der Waals surface area contributed by atoms with Gasteiger partial charge in [-0.3, -0.25) is 0 Å². The summed E-state index contributed by atoms with van der Waals surface area (Å²) < 4.78 is 4.60. The minimum Gasteiger partial charge on any atom is -0.367 e. The first-order valence-electron chi connectivity index (χ1n) is 3.39. The van der Waals surface area contributed by atoms with Gasteiger partial charge in [0.05, 0.1) is 6.04 Å². The molecule has 0 aromatic rings. The van der Waals surface area contributed by atoms with Gasteiger partial charge in [-0.1, -0.05) is 0 Å². The molecule has 0 spiro atoms. The van der Waals surface area contributed by atoms with E-state index in [4.69, 9.17) is 16.6 Å². The van der Waals surface area contributed by atoms with Crippen molar-refractivity contribution in [3.63, 3.8) is 0 Å². The molecule has 0 aliphatic rings. The van der Waals surface area contributed by atoms with Gasteiger partial charge in [0.2, 0.25) is 0 Å². The monoisotopic (exact) mass is 148 g/mol. The summed E-state index contributed by atoms with van der Waals surface area (Å²) in [5, 5.41) is 8.97. The minimum absolute atomic E-state index is 0.312. The van der Waals surface area contributed by atoms with Crippen LogP contribution in [0.5, 0.6) is 0 Å². The number of rotatable bonds is 5. The third kappa shape index (κ3) is 3.79. The van der Waals surface area contributed by atoms with Crippen LogP contribution in [-0.4, -0.2) is 31.1 Å². The number of hydrogen-bond acceptors (Lipinski definition) is 4. The van der Waals surface area contributed by atoms with Crippen molar-refractivity contribution < 1.29 is 9.84 Å². The molecule has 0 aromatic carbocycles. The fourth-order valence-electron chi connectivity index (χ4n) is 0.671. The van der Waals surface area contributed by atoms with E-state index in [0.29, 0.717) is 13.0 Å². The SMILES string of the molecule is COC(O)C(N)CCCN. The van der Waals surface area contributed by atoms with E-state index in [0.717, 1.165) is 6.42 Å². The van der Waals surface area contributed by atoms with E-state index in [9.17, 15) is 0 Å². The summed E-state index contributed by atoms with van der Waals surface area (Å²) in [5.74, 6) is 0. The van der Waals surface area contributed by atoms with E-state index >= 15 is 0 Å². The van der Waals surface area contributed by atoms with Crippen molar-refractivity contribution in [3.05, 3.63) is 0 Å². The van der Waals surface area contributed by atoms with E-state index in [-0.39, 0.29) is 6.04 Å². The fourth-order valence-corrected chi connectivity index (χ4v) is 0.671. The van der Waals surface area contributed by atoms with E-state index in [1.165, 1.54) is 7.11 Å². The maximum atomic E-state index is 8.97. The van der Waals surface area contributed by atoms with Gasteiger partial charge in [-0.25, -0.2) is 0 Å². The highest BCUT2D eigenvalue weighted by Crippen LogP contribution is 1.98. The summed E-state index contributed by atoms with van der Waals surface area (Å²) >= 11 is 0. The normalized spacial score (nSPS) is 16.8. The van der Waals surface area contributed by atoms with Crippen molar-refractivity contribution in [2.75, 3.05) is 13.7 Å². The standard InChI is InChI=1S/C6H16N2O2/c1-10-6(9)5(8)3-2-4-7/h5-6,9H,2-4,7-8H2,1H3. The Hall–Kier alpha value is -0.160. The first-order chi connectivity index (χ1) is 4.72. The van der Waals surface area contributed by atoms with E-state index < -0.39 is 6.29 Å². The molecule has 0 saturated heterocycles. The zero-order valence-electron chi connectivity index (χ0n) is 6.29. The Morgan fingerprint density at radius 3 is 2.60 bits per heavy atom. The molecule has 5 N–H and O–H groups in total. The molecule has 4 heteroatoms. The highest BCUT2D eigenvalue weighted by molar-refractivity contribution is 4.63. The maximum Gasteiger partial charge on any atom is 0.169 e. The number of nitrogens with two attached hydrogens (primary N) is 2. The Balaban J connectivity index is 3.31. The number of aliphatic hydroxyl groups excluding tert-OH is 1. The first kappa shape index (κ1) is 9.84. The van der Waals surface area contributed by atoms with Crippen molar-refractivity contribution in [1.82, 2.24) is 0 Å². The number of aliphatic hydroxyl groups is 1. The molecular formula is C6H16N2O2. The topological polar surface area (TPSA) is 81.5 Å². The largest absolute Gasteiger partial charge is 0.367 e. The van der Waals surface area contributed by atoms with Gasteiger partial charge in [-0.2, -0.15) is 0 Å². The van der Waals surface area contributed by atoms with E-state index in [2.05, 4.69) is 4.74 Å². The molecule has 0 bridgehead atoms. The van der Waals surface area contributed by atoms with Crippen LogP contribution in [0.1, 0.15) is 12.8 Å². The predicted molar refractivity (Wildman–Crippen MR) is 39.3 cm³/mol. The zero-order valence-corrected chi connectivity index (χ0v) is 6.29. The van der Waals surface area contributed by atoms with Crippen LogP contribution in [0.4, 0.5) is 0 Å². The lowest BCUT2D eigenvalue weighted by Gasteiger charge is -2.15. The molecule has 0 heterocycles. The summed E-state index contributed by atoms with van der Waals surface area (Å²) in [7, 11) is 1.42. The average molecular weight is 148 g/mol. The van der Waals surface area contributed by atoms with Crippen LogP contribution >= 0.6 is 0 Å². The predicted octanol–water partition coefficient (Wildman–Crippen LogP) is -0.983. The maximum absolute atomic E-state index is 8.97. The summed E-state index contributed by atoms with van der Waals surface area (Å²) in [4.78, 5) is 0. The molecule has 4 nitrogen and oxygen atoms in total. The van der Waals surface area contributed by atoms with Crippen LogP contribution in [0.2, 0.25) is 0 Å².